The molecule has 7 nitrogen and oxygen atoms in total. The Balaban J connectivity index is 0.000000225. The normalized spacial score (nSPS) is 17.0. The van der Waals surface area contributed by atoms with Gasteiger partial charge in [0.15, 0.2) is 0 Å². The van der Waals surface area contributed by atoms with Crippen LogP contribution in [0.1, 0.15) is 62.1 Å². The van der Waals surface area contributed by atoms with Crippen molar-refractivity contribution in [1.29, 1.82) is 0 Å². The van der Waals surface area contributed by atoms with Crippen molar-refractivity contribution in [3.05, 3.63) is 77.2 Å². The summed E-state index contributed by atoms with van der Waals surface area (Å²) in [5.74, 6) is -0.0839. The molecule has 2 aliphatic heterocycles. The van der Waals surface area contributed by atoms with Crippen molar-refractivity contribution in [2.45, 2.75) is 70.9 Å². The predicted octanol–water partition coefficient (Wildman–Crippen LogP) is 7.20. The highest BCUT2D eigenvalue weighted by molar-refractivity contribution is 5.70. The topological polar surface area (TPSA) is 81.1 Å². The Hall–Kier alpha value is -3.93. The van der Waals surface area contributed by atoms with Gasteiger partial charge in [-0.25, -0.2) is 9.37 Å². The van der Waals surface area contributed by atoms with E-state index in [0.717, 1.165) is 68.0 Å². The summed E-state index contributed by atoms with van der Waals surface area (Å²) >= 11 is 0. The second kappa shape index (κ2) is 18.8. The van der Waals surface area contributed by atoms with E-state index in [4.69, 9.17) is 19.3 Å². The van der Waals surface area contributed by atoms with E-state index in [0.29, 0.717) is 23.9 Å². The number of carboxylic acids is 1. The Bertz CT molecular complexity index is 1370. The number of methoxy groups -OCH3 is 2. The highest BCUT2D eigenvalue weighted by atomic mass is 19.1. The highest BCUT2D eigenvalue weighted by Crippen LogP contribution is 2.31. The van der Waals surface area contributed by atoms with Gasteiger partial charge in [0, 0.05) is 31.3 Å². The summed E-state index contributed by atoms with van der Waals surface area (Å²) in [5.41, 5.74) is 4.79. The van der Waals surface area contributed by atoms with E-state index in [1.54, 1.807) is 20.1 Å². The van der Waals surface area contributed by atoms with Gasteiger partial charge < -0.3 is 19.3 Å². The number of carbonyl (C=O) groups is 1. The number of carboxylic acid groups (broad SMARTS) is 1. The Labute approximate surface area is 267 Å². The summed E-state index contributed by atoms with van der Waals surface area (Å²) in [7, 11) is 3.28. The first-order valence-electron chi connectivity index (χ1n) is 15.7. The van der Waals surface area contributed by atoms with Gasteiger partial charge in [-0.2, -0.15) is 0 Å². The van der Waals surface area contributed by atoms with E-state index in [1.807, 2.05) is 30.3 Å². The van der Waals surface area contributed by atoms with E-state index in [1.165, 1.54) is 44.6 Å². The largest absolute Gasteiger partial charge is 0.493 e. The quantitative estimate of drug-likeness (QED) is 0.254. The van der Waals surface area contributed by atoms with E-state index >= 15 is 0 Å². The van der Waals surface area contributed by atoms with Gasteiger partial charge in [-0.1, -0.05) is 62.6 Å². The van der Waals surface area contributed by atoms with Gasteiger partial charge in [-0.05, 0) is 67.0 Å². The first-order chi connectivity index (χ1) is 21.9. The zero-order valence-corrected chi connectivity index (χ0v) is 26.8. The molecule has 2 aromatic carbocycles. The van der Waals surface area contributed by atoms with Crippen LogP contribution in [0.2, 0.25) is 0 Å². The van der Waals surface area contributed by atoms with Crippen LogP contribution >= 0.6 is 0 Å². The van der Waals surface area contributed by atoms with Gasteiger partial charge in [0.1, 0.15) is 11.6 Å². The first-order valence-corrected chi connectivity index (χ1v) is 15.7. The van der Waals surface area contributed by atoms with E-state index < -0.39 is 5.97 Å². The fraction of sp³-hybridized carbons (Fsp3) is 0.459. The summed E-state index contributed by atoms with van der Waals surface area (Å²) in [5, 5.41) is 8.85. The minimum absolute atomic E-state index is 0.335. The number of terminal acetylenes is 1. The van der Waals surface area contributed by atoms with Crippen molar-refractivity contribution < 1.29 is 28.5 Å². The molecule has 3 aromatic rings. The van der Waals surface area contributed by atoms with Crippen LogP contribution in [-0.4, -0.2) is 61.0 Å². The standard InChI is InChI=1S/C19H23FN2O2.C13H16O3.C3H6.C2H2/c1-23-13-15-7-5-9-22(15)12-14-6-3-4-8-16(14)17-10-19(24-2)21-11-18(17)20;1-9(13(14)15)7-10-4-5-11-3-2-6-16-12(11)8-10;1-2-3-1;1-2/h3-4,6,8,10-11,15H,5,7,9,12-13H2,1-2H3;4-5,8-9H,2-3,6-7H2,1H3,(H,14,15);1-3H2;1-2H/t15-;9-;;/m10../s1. The summed E-state index contributed by atoms with van der Waals surface area (Å²) in [6.07, 6.45) is 18.7. The number of nitrogens with zero attached hydrogens (tertiary/aromatic N) is 2. The maximum atomic E-state index is 14.3. The third kappa shape index (κ3) is 11.2. The molecule has 3 aliphatic rings. The number of pyridine rings is 1. The maximum Gasteiger partial charge on any atom is 0.306 e. The summed E-state index contributed by atoms with van der Waals surface area (Å²) in [4.78, 5) is 17.1. The fourth-order valence-corrected chi connectivity index (χ4v) is 5.31. The smallest absolute Gasteiger partial charge is 0.306 e. The zero-order valence-electron chi connectivity index (χ0n) is 26.8. The lowest BCUT2D eigenvalue weighted by Gasteiger charge is -2.25. The Morgan fingerprint density at radius 3 is 2.53 bits per heavy atom. The first kappa shape index (κ1) is 35.5. The van der Waals surface area contributed by atoms with Crippen LogP contribution in [0.15, 0.2) is 54.7 Å². The Morgan fingerprint density at radius 1 is 1.09 bits per heavy atom. The van der Waals surface area contributed by atoms with Gasteiger partial charge in [-0.3, -0.25) is 9.69 Å². The molecule has 242 valence electrons. The van der Waals surface area contributed by atoms with E-state index in [2.05, 4.69) is 34.9 Å². The van der Waals surface area contributed by atoms with Crippen molar-refractivity contribution in [1.82, 2.24) is 9.88 Å². The number of aromatic nitrogens is 1. The third-order valence-corrected chi connectivity index (χ3v) is 7.88. The Kier molecular flexibility index (Phi) is 14.8. The van der Waals surface area contributed by atoms with Gasteiger partial charge in [0.25, 0.3) is 0 Å². The van der Waals surface area contributed by atoms with Crippen LogP contribution < -0.4 is 9.47 Å². The SMILES string of the molecule is C#C.C1CC1.COC[C@H]1CCCN1Cc1ccccc1-c1cc(OC)ncc1F.C[C@@H](Cc1ccc2c(c1)OCCC2)C(=O)O. The monoisotopic (exact) mass is 618 g/mol. The third-order valence-electron chi connectivity index (χ3n) is 7.88. The molecule has 1 aliphatic carbocycles. The molecule has 0 amide bonds. The number of rotatable bonds is 9. The number of aliphatic carboxylic acids is 1. The molecule has 2 atom stereocenters. The number of hydrogen-bond donors (Lipinski definition) is 1. The molecule has 1 saturated heterocycles. The Morgan fingerprint density at radius 2 is 1.84 bits per heavy atom. The van der Waals surface area contributed by atoms with Crippen LogP contribution in [0, 0.1) is 24.6 Å². The summed E-state index contributed by atoms with van der Waals surface area (Å²) in [6.45, 7) is 5.06. The number of hydrogen-bond acceptors (Lipinski definition) is 6. The van der Waals surface area contributed by atoms with Crippen LogP contribution in [0.3, 0.4) is 0 Å². The second-order valence-corrected chi connectivity index (χ2v) is 11.5. The number of ether oxygens (including phenoxy) is 3. The molecule has 1 saturated carbocycles. The number of halogens is 1. The average molecular weight is 619 g/mol. The average Bonchev–Trinajstić information content (AvgIpc) is 3.90. The molecule has 3 heterocycles. The number of fused-ring (bicyclic) bond motifs is 1. The van der Waals surface area contributed by atoms with Crippen LogP contribution in [0.25, 0.3) is 11.1 Å². The van der Waals surface area contributed by atoms with Gasteiger partial charge in [0.2, 0.25) is 5.88 Å². The molecule has 1 N–H and O–H groups in total. The number of aryl methyl sites for hydroxylation is 1. The van der Waals surface area contributed by atoms with Crippen molar-refractivity contribution in [3.63, 3.8) is 0 Å². The summed E-state index contributed by atoms with van der Waals surface area (Å²) in [6, 6.07) is 16.1. The highest BCUT2D eigenvalue weighted by Gasteiger charge is 2.25. The molecule has 45 heavy (non-hydrogen) atoms. The molecule has 1 aromatic heterocycles. The zero-order chi connectivity index (χ0) is 32.6. The van der Waals surface area contributed by atoms with Crippen LogP contribution in [-0.2, 0) is 28.9 Å². The lowest BCUT2D eigenvalue weighted by molar-refractivity contribution is -0.141. The number of benzene rings is 2. The van der Waals surface area contributed by atoms with Gasteiger partial charge in [0.05, 0.1) is 32.4 Å². The van der Waals surface area contributed by atoms with Crippen molar-refractivity contribution in [2.75, 3.05) is 34.0 Å². The predicted molar refractivity (Wildman–Crippen MR) is 176 cm³/mol. The van der Waals surface area contributed by atoms with Crippen molar-refractivity contribution in [2.24, 2.45) is 5.92 Å². The minimum Gasteiger partial charge on any atom is -0.493 e. The lowest BCUT2D eigenvalue weighted by atomic mass is 9.98. The van der Waals surface area contributed by atoms with Gasteiger partial charge in [-0.15, -0.1) is 12.8 Å². The molecule has 0 unspecified atom stereocenters. The van der Waals surface area contributed by atoms with E-state index in [-0.39, 0.29) is 11.7 Å². The molecule has 6 rings (SSSR count). The molecular formula is C37H47FN2O5. The number of likely N-dealkylation sites (tertiary alicyclic amines) is 1. The molecule has 0 radical (unpaired) electrons. The molecule has 0 bridgehead atoms. The fourth-order valence-electron chi connectivity index (χ4n) is 5.31. The molecule has 8 heteroatoms. The maximum absolute atomic E-state index is 14.3. The van der Waals surface area contributed by atoms with Crippen LogP contribution in [0.5, 0.6) is 11.6 Å². The second-order valence-electron chi connectivity index (χ2n) is 11.5. The molecular weight excluding hydrogens is 571 g/mol. The van der Waals surface area contributed by atoms with Crippen molar-refractivity contribution in [3.8, 4) is 35.6 Å². The van der Waals surface area contributed by atoms with Crippen molar-refractivity contribution >= 4 is 5.97 Å². The minimum atomic E-state index is -0.751. The molecule has 2 fully saturated rings. The van der Waals surface area contributed by atoms with Crippen LogP contribution in [0.4, 0.5) is 4.39 Å². The van der Waals surface area contributed by atoms with E-state index in [9.17, 15) is 9.18 Å². The van der Waals surface area contributed by atoms with Gasteiger partial charge >= 0.3 is 5.97 Å². The lowest BCUT2D eigenvalue weighted by Crippen LogP contribution is -2.32. The summed E-state index contributed by atoms with van der Waals surface area (Å²) < 4.78 is 30.4. The molecule has 0 spiro atoms.